The van der Waals surface area contributed by atoms with Gasteiger partial charge in [-0.3, -0.25) is 4.57 Å². The molecule has 1 fully saturated rings. The molecule has 6 nitrogen and oxygen atoms in total. The van der Waals surface area contributed by atoms with Crippen molar-refractivity contribution in [1.82, 2.24) is 9.55 Å². The molecule has 3 rings (SSSR count). The molecule has 1 N–H and O–H groups in total. The fourth-order valence-electron chi connectivity index (χ4n) is 3.40. The molecule has 2 aromatic heterocycles. The maximum Gasteiger partial charge on any atom is 0.350 e. The van der Waals surface area contributed by atoms with E-state index in [-0.39, 0.29) is 6.42 Å². The zero-order valence-corrected chi connectivity index (χ0v) is 15.2. The second kappa shape index (κ2) is 8.77. The van der Waals surface area contributed by atoms with Gasteiger partial charge in [-0.15, -0.1) is 0 Å². The summed E-state index contributed by atoms with van der Waals surface area (Å²) in [6.07, 6.45) is 6.62. The molecular formula is C19H27FN2O4. The topological polar surface area (TPSA) is 77.5 Å². The van der Waals surface area contributed by atoms with Gasteiger partial charge in [0.05, 0.1) is 12.8 Å². The van der Waals surface area contributed by atoms with Gasteiger partial charge >= 0.3 is 5.69 Å². The molecule has 1 saturated heterocycles. The highest BCUT2D eigenvalue weighted by Gasteiger charge is 2.36. The van der Waals surface area contributed by atoms with E-state index < -0.39 is 30.8 Å². The number of aromatic nitrogens is 2. The van der Waals surface area contributed by atoms with Gasteiger partial charge in [0, 0.05) is 18.9 Å². The van der Waals surface area contributed by atoms with Gasteiger partial charge in [-0.1, -0.05) is 39.0 Å². The van der Waals surface area contributed by atoms with Crippen LogP contribution in [0.4, 0.5) is 4.39 Å². The van der Waals surface area contributed by atoms with Crippen LogP contribution in [-0.4, -0.2) is 33.5 Å². The Bertz CT molecular complexity index is 772. The summed E-state index contributed by atoms with van der Waals surface area (Å²) in [5.74, 6) is 0.809. The Morgan fingerprint density at radius 1 is 1.31 bits per heavy atom. The minimum absolute atomic E-state index is 0.0175. The van der Waals surface area contributed by atoms with Gasteiger partial charge in [0.25, 0.3) is 0 Å². The fraction of sp³-hybridized carbons (Fsp3) is 0.684. The average molecular weight is 366 g/mol. The number of alkyl halides is 1. The van der Waals surface area contributed by atoms with Crippen LogP contribution in [0.15, 0.2) is 21.5 Å². The van der Waals surface area contributed by atoms with Crippen LogP contribution in [0, 0.1) is 0 Å². The summed E-state index contributed by atoms with van der Waals surface area (Å²) in [5.41, 5.74) is 0.512. The van der Waals surface area contributed by atoms with Gasteiger partial charge in [0.2, 0.25) is 0 Å². The lowest BCUT2D eigenvalue weighted by atomic mass is 10.1. The number of aryl methyl sites for hydroxylation is 1. The summed E-state index contributed by atoms with van der Waals surface area (Å²) < 4.78 is 26.3. The molecule has 0 aliphatic carbocycles. The number of ether oxygens (including phenoxy) is 1. The van der Waals surface area contributed by atoms with Crippen molar-refractivity contribution < 1.29 is 18.7 Å². The smallest absolute Gasteiger partial charge is 0.350 e. The van der Waals surface area contributed by atoms with E-state index >= 15 is 0 Å². The highest BCUT2D eigenvalue weighted by atomic mass is 19.1. The monoisotopic (exact) mass is 366 g/mol. The first-order valence-corrected chi connectivity index (χ1v) is 9.54. The number of aliphatic hydroxyl groups excluding tert-OH is 1. The number of unbranched alkanes of at least 4 members (excludes halogenated alkanes) is 5. The molecular weight excluding hydrogens is 339 g/mol. The van der Waals surface area contributed by atoms with Gasteiger partial charge in [-0.2, -0.15) is 4.98 Å². The first-order valence-electron chi connectivity index (χ1n) is 9.54. The van der Waals surface area contributed by atoms with Crippen LogP contribution in [0.25, 0.3) is 11.1 Å². The molecule has 2 aromatic rings. The molecule has 0 unspecified atom stereocenters. The number of hydrogen-bond acceptors (Lipinski definition) is 5. The zero-order chi connectivity index (χ0) is 18.5. The molecule has 0 spiro atoms. The SMILES string of the molecule is CCCCCCCCc1cc2nc(=O)n([C@H]3C[C@H](F)[C@@H](CO)O3)cc2o1. The Morgan fingerprint density at radius 2 is 2.08 bits per heavy atom. The van der Waals surface area contributed by atoms with Gasteiger partial charge < -0.3 is 14.3 Å². The van der Waals surface area contributed by atoms with Crippen LogP contribution in [0.5, 0.6) is 0 Å². The fourth-order valence-corrected chi connectivity index (χ4v) is 3.40. The quantitative estimate of drug-likeness (QED) is 0.687. The third-order valence-electron chi connectivity index (χ3n) is 4.91. The Morgan fingerprint density at radius 3 is 2.81 bits per heavy atom. The van der Waals surface area contributed by atoms with Crippen LogP contribution < -0.4 is 5.69 Å². The second-order valence-electron chi connectivity index (χ2n) is 6.97. The maximum atomic E-state index is 13.8. The minimum atomic E-state index is -1.30. The number of hydrogen-bond donors (Lipinski definition) is 1. The summed E-state index contributed by atoms with van der Waals surface area (Å²) in [4.78, 5) is 16.3. The Hall–Kier alpha value is -1.73. The van der Waals surface area contributed by atoms with Gasteiger partial charge in [0.15, 0.2) is 5.58 Å². The standard InChI is InChI=1S/C19H27FN2O4/c1-2-3-4-5-6-7-8-13-9-15-16(25-13)11-22(19(24)21-15)18-10-14(20)17(12-23)26-18/h9,11,14,17-18,23H,2-8,10,12H2,1H3/t14-,17+,18+/m0/s1. The highest BCUT2D eigenvalue weighted by Crippen LogP contribution is 2.30. The molecule has 144 valence electrons. The molecule has 0 radical (unpaired) electrons. The van der Waals surface area contributed by atoms with E-state index in [1.807, 2.05) is 0 Å². The average Bonchev–Trinajstić information content (AvgIpc) is 3.19. The molecule has 7 heteroatoms. The number of rotatable bonds is 9. The van der Waals surface area contributed by atoms with Crippen molar-refractivity contribution in [2.75, 3.05) is 6.61 Å². The minimum Gasteiger partial charge on any atom is -0.458 e. The Labute approximate surface area is 152 Å². The molecule has 0 amide bonds. The third kappa shape index (κ3) is 4.32. The van der Waals surface area contributed by atoms with E-state index in [0.717, 1.165) is 25.0 Å². The van der Waals surface area contributed by atoms with Crippen molar-refractivity contribution in [3.05, 3.63) is 28.5 Å². The molecule has 0 saturated carbocycles. The third-order valence-corrected chi connectivity index (χ3v) is 4.91. The lowest BCUT2D eigenvalue weighted by Gasteiger charge is -2.13. The normalized spacial score (nSPS) is 23.1. The zero-order valence-electron chi connectivity index (χ0n) is 15.2. The summed E-state index contributed by atoms with van der Waals surface area (Å²) in [7, 11) is 0. The van der Waals surface area contributed by atoms with E-state index in [1.165, 1.54) is 36.4 Å². The van der Waals surface area contributed by atoms with Crippen molar-refractivity contribution in [3.63, 3.8) is 0 Å². The second-order valence-corrected chi connectivity index (χ2v) is 6.97. The summed E-state index contributed by atoms with van der Waals surface area (Å²) >= 11 is 0. The van der Waals surface area contributed by atoms with Crippen molar-refractivity contribution in [3.8, 4) is 0 Å². The van der Waals surface area contributed by atoms with E-state index in [1.54, 1.807) is 6.07 Å². The molecule has 0 aromatic carbocycles. The van der Waals surface area contributed by atoms with Gasteiger partial charge in [-0.25, -0.2) is 9.18 Å². The Kier molecular flexibility index (Phi) is 6.43. The highest BCUT2D eigenvalue weighted by molar-refractivity contribution is 5.71. The maximum absolute atomic E-state index is 13.8. The Balaban J connectivity index is 1.66. The van der Waals surface area contributed by atoms with Gasteiger partial charge in [0.1, 0.15) is 29.8 Å². The number of furan rings is 1. The molecule has 26 heavy (non-hydrogen) atoms. The summed E-state index contributed by atoms with van der Waals surface area (Å²) in [6, 6.07) is 1.80. The molecule has 3 heterocycles. The lowest BCUT2D eigenvalue weighted by molar-refractivity contribution is -0.0354. The van der Waals surface area contributed by atoms with E-state index in [2.05, 4.69) is 11.9 Å². The predicted molar refractivity (Wildman–Crippen MR) is 95.9 cm³/mol. The van der Waals surface area contributed by atoms with Crippen molar-refractivity contribution >= 4 is 11.1 Å². The van der Waals surface area contributed by atoms with E-state index in [0.29, 0.717) is 11.1 Å². The molecule has 0 bridgehead atoms. The van der Waals surface area contributed by atoms with E-state index in [9.17, 15) is 9.18 Å². The predicted octanol–water partition coefficient (Wildman–Crippen LogP) is 3.51. The van der Waals surface area contributed by atoms with Crippen LogP contribution in [-0.2, 0) is 11.2 Å². The summed E-state index contributed by atoms with van der Waals surface area (Å²) in [6.45, 7) is 1.79. The molecule has 3 atom stereocenters. The van der Waals surface area contributed by atoms with Crippen molar-refractivity contribution in [2.24, 2.45) is 0 Å². The first kappa shape index (κ1) is 19.0. The number of halogens is 1. The summed E-state index contributed by atoms with van der Waals surface area (Å²) in [5, 5.41) is 9.11. The van der Waals surface area contributed by atoms with Crippen molar-refractivity contribution in [1.29, 1.82) is 0 Å². The van der Waals surface area contributed by atoms with Crippen LogP contribution in [0.1, 0.15) is 63.9 Å². The lowest BCUT2D eigenvalue weighted by Crippen LogP contribution is -2.27. The largest absolute Gasteiger partial charge is 0.458 e. The van der Waals surface area contributed by atoms with Gasteiger partial charge in [-0.05, 0) is 6.42 Å². The number of fused-ring (bicyclic) bond motifs is 1. The van der Waals surface area contributed by atoms with Crippen LogP contribution >= 0.6 is 0 Å². The number of nitrogens with zero attached hydrogens (tertiary/aromatic N) is 2. The molecule has 1 aliphatic rings. The van der Waals surface area contributed by atoms with Crippen LogP contribution in [0.2, 0.25) is 0 Å². The first-order chi connectivity index (χ1) is 12.6. The van der Waals surface area contributed by atoms with Crippen molar-refractivity contribution in [2.45, 2.75) is 76.8 Å². The van der Waals surface area contributed by atoms with E-state index in [4.69, 9.17) is 14.3 Å². The molecule has 1 aliphatic heterocycles. The van der Waals surface area contributed by atoms with Crippen LogP contribution in [0.3, 0.4) is 0 Å². The number of aliphatic hydroxyl groups is 1.